The molecule has 0 atom stereocenters. The maximum absolute atomic E-state index is 12.7. The molecule has 1 aromatic heterocycles. The Labute approximate surface area is 158 Å². The Bertz CT molecular complexity index is 998. The second kappa shape index (κ2) is 7.55. The van der Waals surface area contributed by atoms with Crippen LogP contribution < -0.4 is 0 Å². The average molecular weight is 387 g/mol. The molecule has 27 heavy (non-hydrogen) atoms. The lowest BCUT2D eigenvalue weighted by Crippen LogP contribution is -2.28. The molecule has 1 aliphatic heterocycles. The van der Waals surface area contributed by atoms with Gasteiger partial charge in [-0.2, -0.15) is 9.57 Å². The molecule has 7 nitrogen and oxygen atoms in total. The van der Waals surface area contributed by atoms with E-state index in [2.05, 4.69) is 6.07 Å². The maximum Gasteiger partial charge on any atom is 0.289 e. The van der Waals surface area contributed by atoms with Gasteiger partial charge in [0.1, 0.15) is 10.7 Å². The van der Waals surface area contributed by atoms with E-state index in [0.29, 0.717) is 18.7 Å². The summed E-state index contributed by atoms with van der Waals surface area (Å²) in [6, 6.07) is 10.3. The van der Waals surface area contributed by atoms with Gasteiger partial charge in [0, 0.05) is 32.7 Å². The van der Waals surface area contributed by atoms with Gasteiger partial charge in [-0.1, -0.05) is 12.1 Å². The smallest absolute Gasteiger partial charge is 0.289 e. The highest BCUT2D eigenvalue weighted by atomic mass is 32.2. The van der Waals surface area contributed by atoms with Gasteiger partial charge in [0.25, 0.3) is 5.91 Å². The first kappa shape index (κ1) is 19.1. The topological polar surface area (TPSA) is 94.6 Å². The van der Waals surface area contributed by atoms with E-state index in [1.807, 2.05) is 6.07 Å². The van der Waals surface area contributed by atoms with E-state index in [0.717, 1.165) is 18.4 Å². The van der Waals surface area contributed by atoms with Crippen molar-refractivity contribution in [3.05, 3.63) is 53.0 Å². The number of nitrogens with zero attached hydrogens (tertiary/aromatic N) is 3. The van der Waals surface area contributed by atoms with Crippen LogP contribution in [0.1, 0.15) is 40.3 Å². The van der Waals surface area contributed by atoms with Crippen LogP contribution in [0.5, 0.6) is 0 Å². The molecule has 1 saturated heterocycles. The molecule has 1 aliphatic rings. The van der Waals surface area contributed by atoms with E-state index in [-0.39, 0.29) is 23.0 Å². The third-order valence-electron chi connectivity index (χ3n) is 4.59. The lowest BCUT2D eigenvalue weighted by molar-refractivity contribution is 0.0752. The quantitative estimate of drug-likeness (QED) is 0.786. The molecule has 0 bridgehead atoms. The highest BCUT2D eigenvalue weighted by molar-refractivity contribution is 7.89. The fraction of sp³-hybridized carbons (Fsp3) is 0.368. The predicted molar refractivity (Wildman–Crippen MR) is 98.4 cm³/mol. The van der Waals surface area contributed by atoms with Crippen LogP contribution >= 0.6 is 0 Å². The van der Waals surface area contributed by atoms with Gasteiger partial charge in [0.2, 0.25) is 10.0 Å². The molecule has 8 heteroatoms. The van der Waals surface area contributed by atoms with Gasteiger partial charge in [-0.05, 0) is 37.5 Å². The Kier molecular flexibility index (Phi) is 5.35. The molecule has 0 aliphatic carbocycles. The number of hydrogen-bond donors (Lipinski definition) is 0. The van der Waals surface area contributed by atoms with E-state index < -0.39 is 15.9 Å². The molecule has 1 amide bonds. The fourth-order valence-electron chi connectivity index (χ4n) is 3.17. The van der Waals surface area contributed by atoms with Crippen molar-refractivity contribution in [2.24, 2.45) is 0 Å². The van der Waals surface area contributed by atoms with Crippen LogP contribution in [0.15, 0.2) is 39.6 Å². The van der Waals surface area contributed by atoms with Gasteiger partial charge in [0.15, 0.2) is 5.76 Å². The summed E-state index contributed by atoms with van der Waals surface area (Å²) in [4.78, 5) is 14.2. The predicted octanol–water partition coefficient (Wildman–Crippen LogP) is 2.52. The zero-order chi connectivity index (χ0) is 19.6. The van der Waals surface area contributed by atoms with Crippen molar-refractivity contribution in [1.82, 2.24) is 9.21 Å². The summed E-state index contributed by atoms with van der Waals surface area (Å²) in [5, 5.41) is 8.98. The Balaban J connectivity index is 1.80. The van der Waals surface area contributed by atoms with E-state index in [1.165, 1.54) is 15.3 Å². The van der Waals surface area contributed by atoms with Crippen molar-refractivity contribution in [2.75, 3.05) is 20.1 Å². The summed E-state index contributed by atoms with van der Waals surface area (Å²) in [6.07, 6.45) is 1.68. The van der Waals surface area contributed by atoms with E-state index >= 15 is 0 Å². The van der Waals surface area contributed by atoms with E-state index in [9.17, 15) is 13.2 Å². The first-order valence-electron chi connectivity index (χ1n) is 8.68. The number of sulfonamides is 1. The molecule has 0 saturated carbocycles. The van der Waals surface area contributed by atoms with Gasteiger partial charge in [-0.25, -0.2) is 8.42 Å². The summed E-state index contributed by atoms with van der Waals surface area (Å²) in [5.41, 5.74) is 1.32. The Hall–Kier alpha value is -2.63. The monoisotopic (exact) mass is 387 g/mol. The van der Waals surface area contributed by atoms with E-state index in [4.69, 9.17) is 9.68 Å². The van der Waals surface area contributed by atoms with Crippen LogP contribution in [0.3, 0.4) is 0 Å². The molecule has 3 rings (SSSR count). The third-order valence-corrected chi connectivity index (χ3v) is 6.59. The van der Waals surface area contributed by atoms with Crippen LogP contribution in [-0.2, 0) is 16.6 Å². The lowest BCUT2D eigenvalue weighted by Gasteiger charge is -2.16. The fourth-order valence-corrected chi connectivity index (χ4v) is 4.85. The van der Waals surface area contributed by atoms with Crippen molar-refractivity contribution in [3.63, 3.8) is 0 Å². The summed E-state index contributed by atoms with van der Waals surface area (Å²) < 4.78 is 32.4. The highest BCUT2D eigenvalue weighted by Crippen LogP contribution is 2.27. The van der Waals surface area contributed by atoms with Crippen LogP contribution in [0.25, 0.3) is 0 Å². The number of furan rings is 1. The molecular weight excluding hydrogens is 366 g/mol. The van der Waals surface area contributed by atoms with Gasteiger partial charge in [0.05, 0.1) is 11.6 Å². The number of nitriles is 1. The molecule has 0 spiro atoms. The van der Waals surface area contributed by atoms with Crippen molar-refractivity contribution in [1.29, 1.82) is 5.26 Å². The molecule has 142 valence electrons. The van der Waals surface area contributed by atoms with Crippen molar-refractivity contribution in [3.8, 4) is 6.07 Å². The molecule has 2 heterocycles. The van der Waals surface area contributed by atoms with Gasteiger partial charge >= 0.3 is 0 Å². The molecule has 1 aromatic carbocycles. The van der Waals surface area contributed by atoms with Crippen LogP contribution in [0.4, 0.5) is 0 Å². The zero-order valence-corrected chi connectivity index (χ0v) is 16.1. The number of hydrogen-bond acceptors (Lipinski definition) is 5. The molecule has 1 fully saturated rings. The standard InChI is InChI=1S/C19H21N3O4S/c1-14-18(27(24,25)22-8-3-4-9-22)11-17(26-14)19(23)21(2)13-16-7-5-6-15(10-16)12-20/h5-7,10-11H,3-4,8-9,13H2,1-2H3. The minimum Gasteiger partial charge on any atom is -0.455 e. The second-order valence-electron chi connectivity index (χ2n) is 6.62. The minimum absolute atomic E-state index is 0.00999. The first-order chi connectivity index (χ1) is 12.8. The average Bonchev–Trinajstić information content (AvgIpc) is 3.31. The van der Waals surface area contributed by atoms with Crippen LogP contribution in [0, 0.1) is 18.3 Å². The number of aryl methyl sites for hydroxylation is 1. The summed E-state index contributed by atoms with van der Waals surface area (Å²) >= 11 is 0. The molecule has 2 aromatic rings. The first-order valence-corrected chi connectivity index (χ1v) is 10.1. The highest BCUT2D eigenvalue weighted by Gasteiger charge is 2.32. The minimum atomic E-state index is -3.64. The Morgan fingerprint density at radius 2 is 2.00 bits per heavy atom. The van der Waals surface area contributed by atoms with Crippen molar-refractivity contribution < 1.29 is 17.6 Å². The maximum atomic E-state index is 12.7. The summed E-state index contributed by atoms with van der Waals surface area (Å²) in [5.74, 6) is -0.210. The molecule has 0 radical (unpaired) electrons. The Morgan fingerprint density at radius 1 is 1.30 bits per heavy atom. The SMILES string of the molecule is Cc1oc(C(=O)N(C)Cc2cccc(C#N)c2)cc1S(=O)(=O)N1CCCC1. The zero-order valence-electron chi connectivity index (χ0n) is 15.3. The summed E-state index contributed by atoms with van der Waals surface area (Å²) in [6.45, 7) is 2.81. The number of rotatable bonds is 5. The molecule has 0 N–H and O–H groups in total. The number of carbonyl (C=O) groups is 1. The van der Waals surface area contributed by atoms with Crippen LogP contribution in [0.2, 0.25) is 0 Å². The van der Waals surface area contributed by atoms with Gasteiger partial charge in [-0.15, -0.1) is 0 Å². The van der Waals surface area contributed by atoms with E-state index in [1.54, 1.807) is 32.2 Å². The third kappa shape index (κ3) is 3.89. The molecular formula is C19H21N3O4S. The number of carbonyl (C=O) groups excluding carboxylic acids is 1. The second-order valence-corrected chi connectivity index (χ2v) is 8.52. The molecule has 0 unspecified atom stereocenters. The summed E-state index contributed by atoms with van der Waals surface area (Å²) in [7, 11) is -2.04. The number of amides is 1. The van der Waals surface area contributed by atoms with Crippen molar-refractivity contribution in [2.45, 2.75) is 31.2 Å². The van der Waals surface area contributed by atoms with Crippen molar-refractivity contribution >= 4 is 15.9 Å². The number of benzene rings is 1. The lowest BCUT2D eigenvalue weighted by atomic mass is 10.1. The van der Waals surface area contributed by atoms with Gasteiger partial charge in [-0.3, -0.25) is 4.79 Å². The van der Waals surface area contributed by atoms with Gasteiger partial charge < -0.3 is 9.32 Å². The largest absolute Gasteiger partial charge is 0.455 e. The normalized spacial score (nSPS) is 14.9. The Morgan fingerprint density at radius 3 is 2.67 bits per heavy atom. The van der Waals surface area contributed by atoms with Crippen LogP contribution in [-0.4, -0.2) is 43.7 Å².